The normalized spacial score (nSPS) is 11.3. The number of nitrogens with zero attached hydrogens (tertiary/aromatic N) is 4. The Labute approximate surface area is 238 Å². The van der Waals surface area contributed by atoms with Crippen LogP contribution in [0.15, 0.2) is 115 Å². The second kappa shape index (κ2) is 10.9. The zero-order valence-corrected chi connectivity index (χ0v) is 22.6. The first-order valence-corrected chi connectivity index (χ1v) is 13.9. The number of aromatic nitrogens is 2. The Morgan fingerprint density at radius 2 is 1.35 bits per heavy atom. The first-order chi connectivity index (χ1) is 19.6. The van der Waals surface area contributed by atoms with Crippen LogP contribution in [0.1, 0.15) is 5.56 Å². The predicted molar refractivity (Wildman–Crippen MR) is 162 cm³/mol. The number of nitriles is 1. The number of benzene rings is 4. The lowest BCUT2D eigenvalue weighted by molar-refractivity contribution is -0.132. The molecule has 4 aromatic carbocycles. The van der Waals surface area contributed by atoms with Gasteiger partial charge in [0.25, 0.3) is 0 Å². The molecule has 40 heavy (non-hydrogen) atoms. The molecule has 0 unspecified atom stereocenters. The summed E-state index contributed by atoms with van der Waals surface area (Å²) in [4.78, 5) is 15.7. The largest absolute Gasteiger partial charge is 0.477 e. The van der Waals surface area contributed by atoms with Crippen molar-refractivity contribution in [2.75, 3.05) is 4.90 Å². The summed E-state index contributed by atoms with van der Waals surface area (Å²) in [6.45, 7) is 0. The molecule has 1 N–H and O–H groups in total. The molecule has 2 aromatic heterocycles. The average molecular weight is 557 g/mol. The Balaban J connectivity index is 1.33. The van der Waals surface area contributed by atoms with Crippen LogP contribution in [0.25, 0.3) is 38.0 Å². The van der Waals surface area contributed by atoms with Crippen molar-refractivity contribution in [3.05, 3.63) is 120 Å². The number of hydrogen-bond donors (Lipinski definition) is 1. The highest BCUT2D eigenvalue weighted by molar-refractivity contribution is 7.19. The van der Waals surface area contributed by atoms with Gasteiger partial charge in [-0.05, 0) is 60.2 Å². The van der Waals surface area contributed by atoms with Crippen molar-refractivity contribution < 1.29 is 9.90 Å². The lowest BCUT2D eigenvalue weighted by Gasteiger charge is -2.25. The molecule has 0 aliphatic rings. The molecule has 8 heteroatoms. The maximum atomic E-state index is 11.3. The van der Waals surface area contributed by atoms with E-state index in [9.17, 15) is 9.90 Å². The van der Waals surface area contributed by atoms with Crippen LogP contribution in [0, 0.1) is 11.3 Å². The van der Waals surface area contributed by atoms with Gasteiger partial charge in [-0.3, -0.25) is 0 Å². The molecule has 6 nitrogen and oxygen atoms in total. The lowest BCUT2D eigenvalue weighted by Crippen LogP contribution is -2.09. The average Bonchev–Trinajstić information content (AvgIpc) is 3.69. The van der Waals surface area contributed by atoms with Gasteiger partial charge in [0.05, 0.1) is 11.7 Å². The summed E-state index contributed by atoms with van der Waals surface area (Å²) < 4.78 is 8.85. The van der Waals surface area contributed by atoms with Crippen LogP contribution in [0.4, 0.5) is 17.1 Å². The second-order valence-electron chi connectivity index (χ2n) is 8.86. The van der Waals surface area contributed by atoms with E-state index in [2.05, 4.69) is 74.3 Å². The number of aliphatic carboxylic acids is 1. The van der Waals surface area contributed by atoms with E-state index in [0.29, 0.717) is 16.6 Å². The molecule has 6 aromatic rings. The van der Waals surface area contributed by atoms with Gasteiger partial charge in [-0.2, -0.15) is 14.0 Å². The fourth-order valence-corrected chi connectivity index (χ4v) is 6.13. The summed E-state index contributed by atoms with van der Waals surface area (Å²) in [5.74, 6) is -1.27. The van der Waals surface area contributed by atoms with Gasteiger partial charge in [-0.25, -0.2) is 4.79 Å². The number of thiophene rings is 1. The van der Waals surface area contributed by atoms with Gasteiger partial charge in [0.15, 0.2) is 0 Å². The topological polar surface area (TPSA) is 90.1 Å². The van der Waals surface area contributed by atoms with Crippen molar-refractivity contribution in [1.29, 1.82) is 5.26 Å². The summed E-state index contributed by atoms with van der Waals surface area (Å²) in [7, 11) is 0. The highest BCUT2D eigenvalue weighted by atomic mass is 32.1. The quantitative estimate of drug-likeness (QED) is 0.156. The minimum absolute atomic E-state index is 0.345. The fraction of sp³-hybridized carbons (Fsp3) is 0. The van der Waals surface area contributed by atoms with E-state index in [1.54, 1.807) is 23.5 Å². The molecule has 0 saturated carbocycles. The lowest BCUT2D eigenvalue weighted by atomic mass is 10.0. The van der Waals surface area contributed by atoms with E-state index in [1.165, 1.54) is 6.08 Å². The molecular formula is C32H20N4O2S2. The molecule has 2 heterocycles. The zero-order chi connectivity index (χ0) is 27.5. The molecule has 192 valence electrons. The maximum Gasteiger partial charge on any atom is 0.346 e. The summed E-state index contributed by atoms with van der Waals surface area (Å²) in [5.41, 5.74) is 6.74. The Bertz CT molecular complexity index is 1850. The summed E-state index contributed by atoms with van der Waals surface area (Å²) in [5, 5.41) is 18.4. The number of carboxylic acids is 1. The van der Waals surface area contributed by atoms with E-state index < -0.39 is 5.97 Å². The first kappa shape index (κ1) is 25.2. The minimum atomic E-state index is -1.27. The molecule has 0 atom stereocenters. The monoisotopic (exact) mass is 556 g/mol. The maximum absolute atomic E-state index is 11.3. The van der Waals surface area contributed by atoms with Crippen molar-refractivity contribution in [2.24, 2.45) is 0 Å². The third-order valence-electron chi connectivity index (χ3n) is 6.41. The smallest absolute Gasteiger partial charge is 0.346 e. The second-order valence-corrected chi connectivity index (χ2v) is 10.5. The van der Waals surface area contributed by atoms with Crippen LogP contribution < -0.4 is 4.90 Å². The third kappa shape index (κ3) is 4.87. The van der Waals surface area contributed by atoms with Crippen LogP contribution in [-0.2, 0) is 4.79 Å². The minimum Gasteiger partial charge on any atom is -0.477 e. The van der Waals surface area contributed by atoms with Gasteiger partial charge in [0.2, 0.25) is 0 Å². The summed E-state index contributed by atoms with van der Waals surface area (Å²) >= 11 is 2.72. The highest BCUT2D eigenvalue weighted by Crippen LogP contribution is 2.40. The van der Waals surface area contributed by atoms with Crippen molar-refractivity contribution in [3.8, 4) is 27.0 Å². The van der Waals surface area contributed by atoms with Crippen LogP contribution in [-0.4, -0.2) is 19.8 Å². The Hall–Kier alpha value is -5.10. The molecule has 6 rings (SSSR count). The molecule has 0 fully saturated rings. The fourth-order valence-electron chi connectivity index (χ4n) is 4.51. The van der Waals surface area contributed by atoms with E-state index in [1.807, 2.05) is 42.5 Å². The molecule has 0 saturated heterocycles. The molecule has 0 amide bonds. The number of anilines is 3. The van der Waals surface area contributed by atoms with Crippen LogP contribution >= 0.6 is 23.1 Å². The number of carbonyl (C=O) groups is 1. The molecule has 0 radical (unpaired) electrons. The highest BCUT2D eigenvalue weighted by Gasteiger charge is 2.16. The SMILES string of the molecule is N#C/C(=C\c1ccc(-c2ccc(-c3ccc(N(c4ccccc4)c4ccccc4)cc3)s2)c2nsnc12)C(=O)O. The van der Waals surface area contributed by atoms with E-state index >= 15 is 0 Å². The van der Waals surface area contributed by atoms with Gasteiger partial charge < -0.3 is 10.0 Å². The molecule has 0 aliphatic carbocycles. The standard InChI is InChI=1S/C32H20N4O2S2/c33-20-23(32(37)38)19-22-13-16-27(31-30(22)34-40-35-31)29-18-17-28(39-29)21-11-14-26(15-12-21)36(24-7-3-1-4-8-24)25-9-5-2-6-10-25/h1-19H,(H,37,38)/b23-19+. The summed E-state index contributed by atoms with van der Waals surface area (Å²) in [6.07, 6.45) is 1.34. The van der Waals surface area contributed by atoms with Crippen LogP contribution in [0.5, 0.6) is 0 Å². The first-order valence-electron chi connectivity index (χ1n) is 12.3. The van der Waals surface area contributed by atoms with Gasteiger partial charge in [-0.1, -0.05) is 60.7 Å². The van der Waals surface area contributed by atoms with Gasteiger partial charge in [0.1, 0.15) is 22.7 Å². The van der Waals surface area contributed by atoms with Crippen molar-refractivity contribution >= 4 is 63.2 Å². The van der Waals surface area contributed by atoms with Crippen molar-refractivity contribution in [3.63, 3.8) is 0 Å². The number of para-hydroxylation sites is 2. The Morgan fingerprint density at radius 1 is 0.750 bits per heavy atom. The molecule has 0 bridgehead atoms. The van der Waals surface area contributed by atoms with E-state index in [-0.39, 0.29) is 5.57 Å². The predicted octanol–water partition coefficient (Wildman–Crippen LogP) is 8.55. The van der Waals surface area contributed by atoms with Crippen LogP contribution in [0.3, 0.4) is 0 Å². The van der Waals surface area contributed by atoms with E-state index in [0.717, 1.165) is 49.7 Å². The number of hydrogen-bond acceptors (Lipinski definition) is 7. The Morgan fingerprint density at radius 3 is 1.98 bits per heavy atom. The van der Waals surface area contributed by atoms with E-state index in [4.69, 9.17) is 5.26 Å². The van der Waals surface area contributed by atoms with Gasteiger partial charge >= 0.3 is 5.97 Å². The zero-order valence-electron chi connectivity index (χ0n) is 20.9. The molecule has 0 aliphatic heterocycles. The molecule has 0 spiro atoms. The number of fused-ring (bicyclic) bond motifs is 1. The van der Waals surface area contributed by atoms with Gasteiger partial charge in [-0.15, -0.1) is 11.3 Å². The molecular weight excluding hydrogens is 537 g/mol. The van der Waals surface area contributed by atoms with Gasteiger partial charge in [0, 0.05) is 37.9 Å². The van der Waals surface area contributed by atoms with Crippen LogP contribution in [0.2, 0.25) is 0 Å². The van der Waals surface area contributed by atoms with Crippen molar-refractivity contribution in [1.82, 2.24) is 8.75 Å². The third-order valence-corrected chi connectivity index (χ3v) is 8.10. The number of carboxylic acid groups (broad SMARTS) is 1. The van der Waals surface area contributed by atoms with Crippen molar-refractivity contribution in [2.45, 2.75) is 0 Å². The summed E-state index contributed by atoms with van der Waals surface area (Å²) in [6, 6.07) is 38.7. The number of rotatable bonds is 7. The Kier molecular flexibility index (Phi) is 6.89.